The van der Waals surface area contributed by atoms with Gasteiger partial charge in [-0.25, -0.2) is 0 Å². The second-order valence-electron chi connectivity index (χ2n) is 1.53. The van der Waals surface area contributed by atoms with Gasteiger partial charge in [-0.2, -0.15) is 36.4 Å². The fourth-order valence-electron chi connectivity index (χ4n) is 0.342. The molecule has 0 aliphatic carbocycles. The molecule has 0 radical (unpaired) electrons. The Kier molecular flexibility index (Phi) is 4.66. The largest absolute Gasteiger partial charge is 0.184 e. The third kappa shape index (κ3) is 17.6. The molecule has 0 unspecified atom stereocenters. The third-order valence-corrected chi connectivity index (χ3v) is 0.607. The minimum absolute atomic E-state index is 1.88. The van der Waals surface area contributed by atoms with Crippen LogP contribution in [0, 0.1) is 6.07 Å². The maximum absolute atomic E-state index is 8.82. The Labute approximate surface area is 66.5 Å². The number of hydrogen-bond acceptors (Lipinski definition) is 2. The van der Waals surface area contributed by atoms with Crippen molar-refractivity contribution in [1.82, 2.24) is 0 Å². The van der Waals surface area contributed by atoms with Gasteiger partial charge < -0.3 is 0 Å². The van der Waals surface area contributed by atoms with E-state index in [1.165, 1.54) is 0 Å². The minimum Gasteiger partial charge on any atom is -0.184 e. The van der Waals surface area contributed by atoms with E-state index in [9.17, 15) is 0 Å². The average Bonchev–Trinajstić information content (AvgIpc) is 1.88. The van der Waals surface area contributed by atoms with Crippen molar-refractivity contribution in [2.24, 2.45) is 0 Å². The molecule has 0 spiro atoms. The molecule has 0 heterocycles. The summed E-state index contributed by atoms with van der Waals surface area (Å²) in [5.74, 6) is 0. The van der Waals surface area contributed by atoms with Gasteiger partial charge in [0.25, 0.3) is 0 Å². The van der Waals surface area contributed by atoms with E-state index in [0.717, 1.165) is 0 Å². The molecule has 1 aromatic rings. The Morgan fingerprint density at radius 2 is 1.36 bits per heavy atom. The molecule has 2 N–H and O–H groups in total. The molecule has 62 valence electrons. The fraction of sp³-hybridized carbons (Fsp3) is 0. The van der Waals surface area contributed by atoms with E-state index in [1.54, 1.807) is 0 Å². The zero-order valence-corrected chi connectivity index (χ0v) is 6.78. The second-order valence-corrected chi connectivity index (χ2v) is 2.92. The molecule has 11 heavy (non-hydrogen) atoms. The minimum atomic E-state index is -5.25. The van der Waals surface area contributed by atoms with Crippen LogP contribution in [0.25, 0.3) is 0 Å². The first-order chi connectivity index (χ1) is 5.00. The topological polar surface area (TPSA) is 74.6 Å². The average molecular weight is 195 g/mol. The van der Waals surface area contributed by atoms with Crippen LogP contribution >= 0.6 is 0 Å². The van der Waals surface area contributed by atoms with Crippen molar-refractivity contribution < 1.29 is 29.5 Å². The van der Waals surface area contributed by atoms with E-state index < -0.39 is 13.6 Å². The molecule has 1 aromatic carbocycles. The summed E-state index contributed by atoms with van der Waals surface area (Å²) >= 11 is -5.25. The predicted octanol–water partition coefficient (Wildman–Crippen LogP) is 0.133. The molecule has 1 rings (SSSR count). The summed E-state index contributed by atoms with van der Waals surface area (Å²) in [5.41, 5.74) is 0. The predicted molar refractivity (Wildman–Crippen MR) is 31.1 cm³/mol. The standard InChI is InChI=1S/C6H5.Cr.2H2O.2O/c1-2-4-6-5-3-1;;;;;/h1-5H;;2*1H2;;/q-1;+2;;;;/p-2. The van der Waals surface area contributed by atoms with E-state index in [1.807, 2.05) is 30.3 Å². The summed E-state index contributed by atoms with van der Waals surface area (Å²) in [6.45, 7) is 0. The normalized spacial score (nSPS) is 9.64. The number of rotatable bonds is 0. The first kappa shape index (κ1) is 10.3. The van der Waals surface area contributed by atoms with Crippen LogP contribution in [0.5, 0.6) is 0 Å². The Morgan fingerprint density at radius 3 is 1.45 bits per heavy atom. The summed E-state index contributed by atoms with van der Waals surface area (Å²) in [6, 6.07) is 12.5. The summed E-state index contributed by atoms with van der Waals surface area (Å²) < 4.78 is 31.9. The van der Waals surface area contributed by atoms with Crippen LogP contribution in [-0.4, -0.2) is 8.32 Å². The molecule has 0 fully saturated rings. The van der Waals surface area contributed by atoms with Crippen LogP contribution in [0.15, 0.2) is 30.3 Å². The van der Waals surface area contributed by atoms with Crippen LogP contribution in [-0.2, 0) is 21.2 Å². The van der Waals surface area contributed by atoms with Crippen LogP contribution in [0.3, 0.4) is 0 Å². The van der Waals surface area contributed by atoms with Crippen LogP contribution in [0.1, 0.15) is 0 Å². The second kappa shape index (κ2) is 4.99. The van der Waals surface area contributed by atoms with E-state index in [-0.39, 0.29) is 0 Å². The van der Waals surface area contributed by atoms with Crippen LogP contribution < -0.4 is 0 Å². The Bertz CT molecular complexity index is 231. The van der Waals surface area contributed by atoms with Gasteiger partial charge in [-0.15, -0.1) is 0 Å². The van der Waals surface area contributed by atoms with Gasteiger partial charge >= 0.3 is 29.5 Å². The Hall–Kier alpha value is -0.728. The van der Waals surface area contributed by atoms with E-state index >= 15 is 0 Å². The fourth-order valence-corrected chi connectivity index (χ4v) is 0.342. The van der Waals surface area contributed by atoms with Gasteiger partial charge in [0, 0.05) is 0 Å². The molecule has 0 saturated carbocycles. The monoisotopic (exact) mass is 195 g/mol. The molecule has 0 atom stereocenters. The summed E-state index contributed by atoms with van der Waals surface area (Å²) in [5, 5.41) is 0. The van der Waals surface area contributed by atoms with Gasteiger partial charge in [-0.05, 0) is 0 Å². The molecule has 0 saturated heterocycles. The van der Waals surface area contributed by atoms with Gasteiger partial charge in [0.15, 0.2) is 0 Å². The molecule has 0 aromatic heterocycles. The zero-order valence-electron chi connectivity index (χ0n) is 5.51. The summed E-state index contributed by atoms with van der Waals surface area (Å²) in [6.07, 6.45) is 0. The van der Waals surface area contributed by atoms with Gasteiger partial charge in [0.05, 0.1) is 0 Å². The maximum atomic E-state index is 8.82. The first-order valence-electron chi connectivity index (χ1n) is 2.61. The maximum Gasteiger partial charge on any atom is -0.171 e. The Morgan fingerprint density at radius 1 is 1.00 bits per heavy atom. The van der Waals surface area contributed by atoms with Crippen molar-refractivity contribution in [1.29, 1.82) is 0 Å². The van der Waals surface area contributed by atoms with E-state index in [2.05, 4.69) is 6.07 Å². The summed E-state index contributed by atoms with van der Waals surface area (Å²) in [4.78, 5) is 0. The van der Waals surface area contributed by atoms with E-state index in [0.29, 0.717) is 0 Å². The van der Waals surface area contributed by atoms with Crippen molar-refractivity contribution >= 4 is 0 Å². The van der Waals surface area contributed by atoms with Crippen LogP contribution in [0.2, 0.25) is 0 Å². The van der Waals surface area contributed by atoms with Crippen molar-refractivity contribution in [3.8, 4) is 0 Å². The van der Waals surface area contributed by atoms with Crippen molar-refractivity contribution in [3.63, 3.8) is 0 Å². The van der Waals surface area contributed by atoms with Gasteiger partial charge in [-0.3, -0.25) is 0 Å². The van der Waals surface area contributed by atoms with Crippen molar-refractivity contribution in [3.05, 3.63) is 36.4 Å². The van der Waals surface area contributed by atoms with E-state index in [4.69, 9.17) is 15.9 Å². The third-order valence-electron chi connectivity index (χ3n) is 0.607. The van der Waals surface area contributed by atoms with Crippen molar-refractivity contribution in [2.75, 3.05) is 0 Å². The SMILES string of the molecule is [O]=[Cr](=[O])([OH])[OH].[c-]1ccccc1. The molecule has 4 nitrogen and oxygen atoms in total. The quantitative estimate of drug-likeness (QED) is 0.577. The van der Waals surface area contributed by atoms with Gasteiger partial charge in [0.1, 0.15) is 0 Å². The molecule has 0 aliphatic heterocycles. The smallest absolute Gasteiger partial charge is 0.171 e. The molecule has 0 amide bonds. The molecule has 0 bridgehead atoms. The first-order valence-corrected chi connectivity index (χ1v) is 4.79. The Balaban J connectivity index is 0.000000187. The summed E-state index contributed by atoms with van der Waals surface area (Å²) in [7, 11) is 0. The van der Waals surface area contributed by atoms with Crippen molar-refractivity contribution in [2.45, 2.75) is 0 Å². The number of benzene rings is 1. The number of hydrogen-bond donors (Lipinski definition) is 2. The van der Waals surface area contributed by atoms with Gasteiger partial charge in [-0.1, -0.05) is 0 Å². The molecular weight excluding hydrogens is 188 g/mol. The molecule has 0 aliphatic rings. The van der Waals surface area contributed by atoms with Gasteiger partial charge in [0.2, 0.25) is 0 Å². The molecular formula is C6H7CrO4-. The zero-order chi connectivity index (χ0) is 8.74. The molecule has 5 heteroatoms. The van der Waals surface area contributed by atoms with Crippen LogP contribution in [0.4, 0.5) is 0 Å².